The van der Waals surface area contributed by atoms with Crippen LogP contribution in [0.5, 0.6) is 11.5 Å². The highest BCUT2D eigenvalue weighted by Crippen LogP contribution is 2.37. The quantitative estimate of drug-likeness (QED) is 0.621. The van der Waals surface area contributed by atoms with Crippen LogP contribution in [-0.2, 0) is 6.54 Å². The van der Waals surface area contributed by atoms with Gasteiger partial charge in [0.15, 0.2) is 11.5 Å². The van der Waals surface area contributed by atoms with Gasteiger partial charge in [-0.05, 0) is 47.0 Å². The van der Waals surface area contributed by atoms with Gasteiger partial charge in [0.05, 0.1) is 17.7 Å². The highest BCUT2D eigenvalue weighted by molar-refractivity contribution is 9.10. The standard InChI is InChI=1S/C14H18BrNO2/c1-3-5-6-7-18-14-12(15)8-11(10-16)9-13(14)17-4-2/h1,8-9H,4-7,10,16H2,2H3. The van der Waals surface area contributed by atoms with Gasteiger partial charge in [0.2, 0.25) is 0 Å². The number of hydrogen-bond acceptors (Lipinski definition) is 3. The summed E-state index contributed by atoms with van der Waals surface area (Å²) in [7, 11) is 0. The van der Waals surface area contributed by atoms with E-state index in [2.05, 4.69) is 21.9 Å². The summed E-state index contributed by atoms with van der Waals surface area (Å²) < 4.78 is 12.1. The van der Waals surface area contributed by atoms with Crippen molar-refractivity contribution in [1.29, 1.82) is 0 Å². The van der Waals surface area contributed by atoms with Crippen LogP contribution >= 0.6 is 15.9 Å². The van der Waals surface area contributed by atoms with Gasteiger partial charge in [0.25, 0.3) is 0 Å². The third-order valence-electron chi connectivity index (χ3n) is 2.32. The molecule has 0 saturated heterocycles. The maximum Gasteiger partial charge on any atom is 0.175 e. The molecule has 0 amide bonds. The third kappa shape index (κ3) is 4.25. The number of benzene rings is 1. The van der Waals surface area contributed by atoms with E-state index in [9.17, 15) is 0 Å². The second-order valence-corrected chi connectivity index (χ2v) is 4.55. The molecule has 18 heavy (non-hydrogen) atoms. The van der Waals surface area contributed by atoms with Crippen molar-refractivity contribution in [1.82, 2.24) is 0 Å². The lowest BCUT2D eigenvalue weighted by Crippen LogP contribution is -2.04. The van der Waals surface area contributed by atoms with Gasteiger partial charge < -0.3 is 15.2 Å². The van der Waals surface area contributed by atoms with E-state index in [0.717, 1.165) is 16.5 Å². The smallest absolute Gasteiger partial charge is 0.175 e. The van der Waals surface area contributed by atoms with E-state index in [1.54, 1.807) is 0 Å². The summed E-state index contributed by atoms with van der Waals surface area (Å²) in [5, 5.41) is 0. The fraction of sp³-hybridized carbons (Fsp3) is 0.429. The summed E-state index contributed by atoms with van der Waals surface area (Å²) in [6, 6.07) is 3.85. The van der Waals surface area contributed by atoms with Crippen molar-refractivity contribution in [3.8, 4) is 23.8 Å². The maximum atomic E-state index is 5.71. The van der Waals surface area contributed by atoms with Crippen molar-refractivity contribution in [3.63, 3.8) is 0 Å². The Bertz CT molecular complexity index is 427. The van der Waals surface area contributed by atoms with Crippen LogP contribution in [0.1, 0.15) is 25.3 Å². The summed E-state index contributed by atoms with van der Waals surface area (Å²) in [5.74, 6) is 4.02. The molecule has 0 unspecified atom stereocenters. The molecule has 0 aliphatic heterocycles. The lowest BCUT2D eigenvalue weighted by atomic mass is 10.2. The highest BCUT2D eigenvalue weighted by atomic mass is 79.9. The second-order valence-electron chi connectivity index (χ2n) is 3.70. The van der Waals surface area contributed by atoms with E-state index < -0.39 is 0 Å². The summed E-state index contributed by atoms with van der Waals surface area (Å²) in [6.07, 6.45) is 6.74. The van der Waals surface area contributed by atoms with Crippen molar-refractivity contribution in [3.05, 3.63) is 22.2 Å². The van der Waals surface area contributed by atoms with Crippen molar-refractivity contribution < 1.29 is 9.47 Å². The minimum atomic E-state index is 0.468. The first-order chi connectivity index (χ1) is 8.72. The largest absolute Gasteiger partial charge is 0.490 e. The monoisotopic (exact) mass is 311 g/mol. The first kappa shape index (κ1) is 14.9. The molecule has 98 valence electrons. The van der Waals surface area contributed by atoms with Gasteiger partial charge in [-0.3, -0.25) is 0 Å². The minimum Gasteiger partial charge on any atom is -0.490 e. The van der Waals surface area contributed by atoms with E-state index in [1.165, 1.54) is 0 Å². The van der Waals surface area contributed by atoms with Gasteiger partial charge in [-0.1, -0.05) is 0 Å². The highest BCUT2D eigenvalue weighted by Gasteiger charge is 2.11. The van der Waals surface area contributed by atoms with Gasteiger partial charge in [-0.2, -0.15) is 0 Å². The Balaban J connectivity index is 2.83. The summed E-state index contributed by atoms with van der Waals surface area (Å²) in [5.41, 5.74) is 6.64. The normalized spacial score (nSPS) is 9.89. The Hall–Kier alpha value is -1.18. The van der Waals surface area contributed by atoms with Crippen LogP contribution in [0.25, 0.3) is 0 Å². The fourth-order valence-electron chi connectivity index (χ4n) is 1.49. The average molecular weight is 312 g/mol. The Morgan fingerprint density at radius 2 is 2.17 bits per heavy atom. The van der Waals surface area contributed by atoms with E-state index >= 15 is 0 Å². The number of ether oxygens (including phenoxy) is 2. The molecule has 0 aromatic heterocycles. The zero-order valence-corrected chi connectivity index (χ0v) is 12.1. The number of unbranched alkanes of at least 4 members (excludes halogenated alkanes) is 1. The molecule has 2 N–H and O–H groups in total. The molecule has 0 bridgehead atoms. The van der Waals surface area contributed by atoms with Crippen LogP contribution in [0.4, 0.5) is 0 Å². The molecule has 0 saturated carbocycles. The van der Waals surface area contributed by atoms with Crippen molar-refractivity contribution in [2.45, 2.75) is 26.3 Å². The fourth-order valence-corrected chi connectivity index (χ4v) is 2.09. The zero-order chi connectivity index (χ0) is 13.4. The number of nitrogens with two attached hydrogens (primary N) is 1. The number of rotatable bonds is 7. The minimum absolute atomic E-state index is 0.468. The van der Waals surface area contributed by atoms with Crippen LogP contribution in [0.15, 0.2) is 16.6 Å². The summed E-state index contributed by atoms with van der Waals surface area (Å²) in [4.78, 5) is 0. The molecule has 0 aliphatic rings. The van der Waals surface area contributed by atoms with Crippen LogP contribution in [0.2, 0.25) is 0 Å². The predicted molar refractivity (Wildman–Crippen MR) is 76.8 cm³/mol. The van der Waals surface area contributed by atoms with Gasteiger partial charge >= 0.3 is 0 Å². The molecule has 1 aromatic carbocycles. The molecule has 1 rings (SSSR count). The molecule has 3 nitrogen and oxygen atoms in total. The Morgan fingerprint density at radius 3 is 2.78 bits per heavy atom. The molecule has 0 atom stereocenters. The van der Waals surface area contributed by atoms with Gasteiger partial charge in [0, 0.05) is 13.0 Å². The van der Waals surface area contributed by atoms with Gasteiger partial charge in [0.1, 0.15) is 0 Å². The number of terminal acetylenes is 1. The van der Waals surface area contributed by atoms with Crippen molar-refractivity contribution in [2.75, 3.05) is 13.2 Å². The maximum absolute atomic E-state index is 5.71. The molecule has 4 heteroatoms. The lowest BCUT2D eigenvalue weighted by molar-refractivity contribution is 0.273. The van der Waals surface area contributed by atoms with Gasteiger partial charge in [-0.15, -0.1) is 12.3 Å². The third-order valence-corrected chi connectivity index (χ3v) is 2.91. The molecule has 0 fully saturated rings. The SMILES string of the molecule is C#CCCCOc1c(Br)cc(CN)cc1OCC. The average Bonchev–Trinajstić information content (AvgIpc) is 2.37. The molecule has 0 aliphatic carbocycles. The predicted octanol–water partition coefficient (Wildman–Crippen LogP) is 3.10. The first-order valence-electron chi connectivity index (χ1n) is 5.94. The molecular weight excluding hydrogens is 294 g/mol. The Morgan fingerprint density at radius 1 is 1.39 bits per heavy atom. The molecule has 0 heterocycles. The van der Waals surface area contributed by atoms with Crippen LogP contribution < -0.4 is 15.2 Å². The second kappa shape index (κ2) is 8.02. The van der Waals surface area contributed by atoms with E-state index in [1.807, 2.05) is 19.1 Å². The van der Waals surface area contributed by atoms with Crippen LogP contribution in [0, 0.1) is 12.3 Å². The first-order valence-corrected chi connectivity index (χ1v) is 6.73. The summed E-state index contributed by atoms with van der Waals surface area (Å²) in [6.45, 7) is 3.56. The molecule has 0 radical (unpaired) electrons. The summed E-state index contributed by atoms with van der Waals surface area (Å²) >= 11 is 3.48. The van der Waals surface area contributed by atoms with E-state index in [4.69, 9.17) is 21.6 Å². The van der Waals surface area contributed by atoms with E-state index in [-0.39, 0.29) is 0 Å². The number of halogens is 1. The number of hydrogen-bond donors (Lipinski definition) is 1. The lowest BCUT2D eigenvalue weighted by Gasteiger charge is -2.14. The molecular formula is C14H18BrNO2. The Kier molecular flexibility index (Phi) is 6.63. The zero-order valence-electron chi connectivity index (χ0n) is 10.5. The molecule has 0 spiro atoms. The van der Waals surface area contributed by atoms with Crippen LogP contribution in [-0.4, -0.2) is 13.2 Å². The van der Waals surface area contributed by atoms with E-state index in [0.29, 0.717) is 37.7 Å². The van der Waals surface area contributed by atoms with Crippen molar-refractivity contribution >= 4 is 15.9 Å². The Labute approximate surface area is 117 Å². The topological polar surface area (TPSA) is 44.5 Å². The van der Waals surface area contributed by atoms with Gasteiger partial charge in [-0.25, -0.2) is 0 Å². The van der Waals surface area contributed by atoms with Crippen LogP contribution in [0.3, 0.4) is 0 Å². The van der Waals surface area contributed by atoms with Crippen molar-refractivity contribution in [2.24, 2.45) is 5.73 Å². The molecule has 1 aromatic rings.